The number of halogens is 1. The molecule has 4 N–H and O–H groups in total. The van der Waals surface area contributed by atoms with Crippen LogP contribution in [0.4, 0.5) is 9.18 Å². The molecule has 2 aliphatic heterocycles. The number of piperidine rings is 1. The van der Waals surface area contributed by atoms with E-state index in [1.54, 1.807) is 17.0 Å². The molecule has 0 aliphatic carbocycles. The lowest BCUT2D eigenvalue weighted by Crippen LogP contribution is -2.50. The lowest BCUT2D eigenvalue weighted by molar-refractivity contribution is -0.140. The Balaban J connectivity index is 1.65. The minimum absolute atomic E-state index is 0.0154. The van der Waals surface area contributed by atoms with Crippen LogP contribution in [0.3, 0.4) is 0 Å². The van der Waals surface area contributed by atoms with E-state index in [-0.39, 0.29) is 37.3 Å². The molecule has 4 rings (SSSR count). The van der Waals surface area contributed by atoms with E-state index in [9.17, 15) is 14.7 Å². The average Bonchev–Trinajstić information content (AvgIpc) is 2.95. The highest BCUT2D eigenvalue weighted by molar-refractivity contribution is 5.77. The maximum absolute atomic E-state index is 15.5. The molecule has 0 spiro atoms. The van der Waals surface area contributed by atoms with Crippen molar-refractivity contribution in [3.05, 3.63) is 59.4 Å². The second kappa shape index (κ2) is 13.4. The maximum Gasteiger partial charge on any atom is 0.404 e. The van der Waals surface area contributed by atoms with Gasteiger partial charge in [0.25, 0.3) is 0 Å². The van der Waals surface area contributed by atoms with Crippen molar-refractivity contribution in [3.8, 4) is 11.1 Å². The van der Waals surface area contributed by atoms with E-state index in [2.05, 4.69) is 10.6 Å². The van der Waals surface area contributed by atoms with Gasteiger partial charge in [-0.2, -0.15) is 0 Å². The first-order valence-electron chi connectivity index (χ1n) is 14.0. The minimum Gasteiger partial charge on any atom is -0.465 e. The summed E-state index contributed by atoms with van der Waals surface area (Å²) in [5, 5.41) is 27.1. The third-order valence-electron chi connectivity index (χ3n) is 7.97. The normalized spacial score (nSPS) is 21.3. The maximum atomic E-state index is 15.5. The molecule has 9 heteroatoms. The summed E-state index contributed by atoms with van der Waals surface area (Å²) in [5.74, 6) is -0.785. The number of hydrogen-bond acceptors (Lipinski definition) is 5. The minimum atomic E-state index is -1.47. The molecule has 212 valence electrons. The third kappa shape index (κ3) is 7.15. The molecule has 0 saturated carbocycles. The number of likely N-dealkylation sites (tertiary alicyclic amines) is 1. The van der Waals surface area contributed by atoms with Crippen molar-refractivity contribution in [2.24, 2.45) is 5.92 Å². The summed E-state index contributed by atoms with van der Waals surface area (Å²) >= 11 is 0. The van der Waals surface area contributed by atoms with Gasteiger partial charge in [-0.1, -0.05) is 43.3 Å². The predicted molar refractivity (Wildman–Crippen MR) is 147 cm³/mol. The number of aliphatic hydroxyl groups is 1. The summed E-state index contributed by atoms with van der Waals surface area (Å²) in [7, 11) is 0. The molecule has 39 heavy (non-hydrogen) atoms. The number of nitrogens with zero attached hydrogens (tertiary/aromatic N) is 1. The lowest BCUT2D eigenvalue weighted by Gasteiger charge is -2.44. The Kier molecular flexibility index (Phi) is 9.94. The smallest absolute Gasteiger partial charge is 0.404 e. The van der Waals surface area contributed by atoms with Crippen molar-refractivity contribution in [1.29, 1.82) is 0 Å². The van der Waals surface area contributed by atoms with E-state index in [4.69, 9.17) is 9.84 Å². The van der Waals surface area contributed by atoms with Gasteiger partial charge in [0.15, 0.2) is 0 Å². The van der Waals surface area contributed by atoms with Gasteiger partial charge in [0.2, 0.25) is 5.91 Å². The molecule has 1 unspecified atom stereocenters. The van der Waals surface area contributed by atoms with Crippen LogP contribution >= 0.6 is 0 Å². The Labute approximate surface area is 229 Å². The number of carbonyl (C=O) groups is 2. The first-order chi connectivity index (χ1) is 18.8. The van der Waals surface area contributed by atoms with E-state index in [0.717, 1.165) is 18.5 Å². The van der Waals surface area contributed by atoms with Crippen molar-refractivity contribution in [2.45, 2.75) is 57.2 Å². The van der Waals surface area contributed by atoms with Crippen LogP contribution in [0.5, 0.6) is 0 Å². The Bertz CT molecular complexity index is 1140. The molecule has 2 aliphatic rings. The van der Waals surface area contributed by atoms with Crippen molar-refractivity contribution in [3.63, 3.8) is 0 Å². The summed E-state index contributed by atoms with van der Waals surface area (Å²) < 4.78 is 21.3. The standard InChI is InChI=1S/C30H40FN3O5/c1-2-21-7-3-8-22(17-21)28-25(10-4-11-26(28)31)30(38,12-6-13-33-29(36)37)23-9-5-15-34(20-23)27(35)18-24-19-32-14-16-39-24/h3-4,7-8,10-11,17,23-24,32-33,38H,2,5-6,9,12-16,18-20H2,1H3,(H,36,37)/t23-,24?,30+/m1/s1. The number of hydrogen-bond donors (Lipinski definition) is 4. The molecule has 2 amide bonds. The van der Waals surface area contributed by atoms with Gasteiger partial charge in [0, 0.05) is 44.2 Å². The highest BCUT2D eigenvalue weighted by Gasteiger charge is 2.43. The zero-order chi connectivity index (χ0) is 27.8. The topological polar surface area (TPSA) is 111 Å². The lowest BCUT2D eigenvalue weighted by atomic mass is 9.72. The number of aryl methyl sites for hydroxylation is 1. The SMILES string of the molecule is CCc1cccc(-c2c(F)cccc2[C@](O)(CCCNC(=O)O)[C@@H]2CCCN(C(=O)CC3CNCCO3)C2)c1. The van der Waals surface area contributed by atoms with Gasteiger partial charge in [0.1, 0.15) is 5.82 Å². The number of benzene rings is 2. The van der Waals surface area contributed by atoms with Crippen LogP contribution in [-0.2, 0) is 21.6 Å². The molecule has 2 fully saturated rings. The van der Waals surface area contributed by atoms with Crippen molar-refractivity contribution < 1.29 is 28.9 Å². The molecule has 3 atom stereocenters. The number of carboxylic acid groups (broad SMARTS) is 1. The second-order valence-corrected chi connectivity index (χ2v) is 10.6. The predicted octanol–water partition coefficient (Wildman–Crippen LogP) is 3.91. The molecule has 0 radical (unpaired) electrons. The van der Waals surface area contributed by atoms with Crippen LogP contribution in [0.2, 0.25) is 0 Å². The van der Waals surface area contributed by atoms with Gasteiger partial charge >= 0.3 is 6.09 Å². The molecule has 2 aromatic carbocycles. The molecular formula is C30H40FN3O5. The molecule has 8 nitrogen and oxygen atoms in total. The van der Waals surface area contributed by atoms with Crippen LogP contribution in [0, 0.1) is 11.7 Å². The van der Waals surface area contributed by atoms with Gasteiger partial charge in [-0.25, -0.2) is 9.18 Å². The van der Waals surface area contributed by atoms with Crippen LogP contribution in [-0.4, -0.2) is 72.5 Å². The highest BCUT2D eigenvalue weighted by atomic mass is 19.1. The van der Waals surface area contributed by atoms with E-state index in [1.807, 2.05) is 31.2 Å². The zero-order valence-corrected chi connectivity index (χ0v) is 22.6. The molecule has 0 aromatic heterocycles. The van der Waals surface area contributed by atoms with Gasteiger partial charge in [0.05, 0.1) is 24.7 Å². The molecule has 2 saturated heterocycles. The Morgan fingerprint density at radius 3 is 2.82 bits per heavy atom. The number of ether oxygens (including phenoxy) is 1. The third-order valence-corrected chi connectivity index (χ3v) is 7.97. The number of amides is 2. The zero-order valence-electron chi connectivity index (χ0n) is 22.6. The van der Waals surface area contributed by atoms with Crippen LogP contribution in [0.1, 0.15) is 50.2 Å². The quantitative estimate of drug-likeness (QED) is 0.340. The van der Waals surface area contributed by atoms with Crippen molar-refractivity contribution >= 4 is 12.0 Å². The molecule has 2 aromatic rings. The summed E-state index contributed by atoms with van der Waals surface area (Å²) in [4.78, 5) is 26.1. The summed E-state index contributed by atoms with van der Waals surface area (Å²) in [6, 6.07) is 12.5. The van der Waals surface area contributed by atoms with Crippen molar-refractivity contribution in [2.75, 3.05) is 39.3 Å². The van der Waals surface area contributed by atoms with Gasteiger partial charge in [-0.15, -0.1) is 0 Å². The molecular weight excluding hydrogens is 501 g/mol. The van der Waals surface area contributed by atoms with Crippen LogP contribution < -0.4 is 10.6 Å². The van der Waals surface area contributed by atoms with Gasteiger partial charge < -0.3 is 30.5 Å². The summed E-state index contributed by atoms with van der Waals surface area (Å²) in [6.45, 7) is 5.12. The highest BCUT2D eigenvalue weighted by Crippen LogP contribution is 2.44. The summed E-state index contributed by atoms with van der Waals surface area (Å²) in [5.41, 5.74) is 1.11. The Morgan fingerprint density at radius 1 is 1.26 bits per heavy atom. The number of carbonyl (C=O) groups excluding carboxylic acids is 1. The van der Waals surface area contributed by atoms with E-state index < -0.39 is 17.5 Å². The molecule has 2 heterocycles. The Hall–Kier alpha value is -3.01. The van der Waals surface area contributed by atoms with Gasteiger partial charge in [-0.05, 0) is 54.9 Å². The number of morpholine rings is 1. The van der Waals surface area contributed by atoms with E-state index in [0.29, 0.717) is 62.2 Å². The van der Waals surface area contributed by atoms with E-state index in [1.165, 1.54) is 6.07 Å². The number of nitrogens with one attached hydrogen (secondary N) is 2. The monoisotopic (exact) mass is 541 g/mol. The van der Waals surface area contributed by atoms with Gasteiger partial charge in [-0.3, -0.25) is 4.79 Å². The molecule has 0 bridgehead atoms. The number of rotatable bonds is 10. The van der Waals surface area contributed by atoms with Crippen LogP contribution in [0.15, 0.2) is 42.5 Å². The Morgan fingerprint density at radius 2 is 2.08 bits per heavy atom. The van der Waals surface area contributed by atoms with E-state index >= 15 is 4.39 Å². The van der Waals surface area contributed by atoms with Crippen molar-refractivity contribution in [1.82, 2.24) is 15.5 Å². The first-order valence-corrected chi connectivity index (χ1v) is 14.0. The fourth-order valence-corrected chi connectivity index (χ4v) is 5.91. The summed E-state index contributed by atoms with van der Waals surface area (Å²) in [6.07, 6.45) is 1.73. The first kappa shape index (κ1) is 29.0. The second-order valence-electron chi connectivity index (χ2n) is 10.6. The largest absolute Gasteiger partial charge is 0.465 e. The fraction of sp³-hybridized carbons (Fsp3) is 0.533. The van der Waals surface area contributed by atoms with Crippen LogP contribution in [0.25, 0.3) is 11.1 Å². The fourth-order valence-electron chi connectivity index (χ4n) is 5.91. The average molecular weight is 542 g/mol.